The number of nitrogens with one attached hydrogen (secondary N) is 1. The van der Waals surface area contributed by atoms with Crippen molar-refractivity contribution in [2.45, 2.75) is 12.2 Å². The quantitative estimate of drug-likeness (QED) is 0.816. The summed E-state index contributed by atoms with van der Waals surface area (Å²) in [4.78, 5) is 21.4. The number of carboxylic acid groups (broad SMARTS) is 1. The monoisotopic (exact) mass is 265 g/mol. The molecule has 0 saturated carbocycles. The first kappa shape index (κ1) is 13.9. The van der Waals surface area contributed by atoms with Crippen molar-refractivity contribution in [1.82, 2.24) is 5.32 Å². The zero-order valence-corrected chi connectivity index (χ0v) is 8.66. The van der Waals surface area contributed by atoms with Crippen LogP contribution in [0.5, 0.6) is 0 Å². The third-order valence-electron chi connectivity index (χ3n) is 2.00. The van der Waals surface area contributed by atoms with Crippen LogP contribution in [0.3, 0.4) is 0 Å². The third-order valence-corrected chi connectivity index (χ3v) is 2.00. The van der Waals surface area contributed by atoms with Crippen molar-refractivity contribution in [1.29, 1.82) is 0 Å². The Morgan fingerprint density at radius 3 is 2.22 bits per heavy atom. The van der Waals surface area contributed by atoms with Crippen molar-refractivity contribution in [2.24, 2.45) is 0 Å². The first-order valence-corrected chi connectivity index (χ1v) is 4.58. The molecule has 0 radical (unpaired) electrons. The SMILES string of the molecule is O=C(O)[C@@H](NC(=O)C(F)(F)F)c1ccccc1F. The maximum Gasteiger partial charge on any atom is 0.471 e. The van der Waals surface area contributed by atoms with E-state index in [2.05, 4.69) is 0 Å². The van der Waals surface area contributed by atoms with Gasteiger partial charge in [-0.3, -0.25) is 4.79 Å². The van der Waals surface area contributed by atoms with Gasteiger partial charge in [0.1, 0.15) is 5.82 Å². The average molecular weight is 265 g/mol. The lowest BCUT2D eigenvalue weighted by Crippen LogP contribution is -2.42. The van der Waals surface area contributed by atoms with Crippen molar-refractivity contribution in [3.05, 3.63) is 35.6 Å². The molecule has 1 aromatic rings. The molecule has 0 fully saturated rings. The molecule has 0 aromatic heterocycles. The van der Waals surface area contributed by atoms with Crippen LogP contribution < -0.4 is 5.32 Å². The number of rotatable bonds is 3. The molecule has 18 heavy (non-hydrogen) atoms. The van der Waals surface area contributed by atoms with E-state index in [0.717, 1.165) is 12.1 Å². The number of benzene rings is 1. The highest BCUT2D eigenvalue weighted by Crippen LogP contribution is 2.20. The fourth-order valence-electron chi connectivity index (χ4n) is 1.19. The number of alkyl halides is 3. The number of carbonyl (C=O) groups excluding carboxylic acids is 1. The normalized spacial score (nSPS) is 12.9. The van der Waals surface area contributed by atoms with E-state index in [4.69, 9.17) is 5.11 Å². The van der Waals surface area contributed by atoms with Crippen LogP contribution in [0.15, 0.2) is 24.3 Å². The smallest absolute Gasteiger partial charge is 0.471 e. The molecule has 0 aliphatic rings. The molecule has 1 rings (SSSR count). The largest absolute Gasteiger partial charge is 0.479 e. The van der Waals surface area contributed by atoms with E-state index in [1.165, 1.54) is 17.4 Å². The van der Waals surface area contributed by atoms with Gasteiger partial charge < -0.3 is 10.4 Å². The minimum Gasteiger partial charge on any atom is -0.479 e. The maximum absolute atomic E-state index is 13.3. The lowest BCUT2D eigenvalue weighted by molar-refractivity contribution is -0.175. The van der Waals surface area contributed by atoms with Gasteiger partial charge in [0, 0.05) is 5.56 Å². The molecular weight excluding hydrogens is 258 g/mol. The molecule has 98 valence electrons. The average Bonchev–Trinajstić information content (AvgIpc) is 2.25. The van der Waals surface area contributed by atoms with Gasteiger partial charge in [-0.05, 0) is 6.07 Å². The fraction of sp³-hybridized carbons (Fsp3) is 0.200. The van der Waals surface area contributed by atoms with Gasteiger partial charge in [-0.1, -0.05) is 18.2 Å². The van der Waals surface area contributed by atoms with Crippen molar-refractivity contribution in [2.75, 3.05) is 0 Å². The van der Waals surface area contributed by atoms with E-state index in [0.29, 0.717) is 0 Å². The number of aliphatic carboxylic acids is 1. The minimum absolute atomic E-state index is 0.553. The van der Waals surface area contributed by atoms with Crippen LogP contribution in [0.4, 0.5) is 17.6 Å². The van der Waals surface area contributed by atoms with E-state index in [1.807, 2.05) is 0 Å². The van der Waals surface area contributed by atoms with Gasteiger partial charge in [-0.2, -0.15) is 13.2 Å². The second-order valence-corrected chi connectivity index (χ2v) is 3.26. The highest BCUT2D eigenvalue weighted by atomic mass is 19.4. The van der Waals surface area contributed by atoms with E-state index < -0.39 is 35.5 Å². The van der Waals surface area contributed by atoms with Crippen LogP contribution in [0.1, 0.15) is 11.6 Å². The molecular formula is C10H7F4NO3. The molecule has 0 spiro atoms. The Labute approximate surface area is 98.2 Å². The summed E-state index contributed by atoms with van der Waals surface area (Å²) >= 11 is 0. The van der Waals surface area contributed by atoms with Gasteiger partial charge in [0.2, 0.25) is 0 Å². The van der Waals surface area contributed by atoms with Gasteiger partial charge in [0.05, 0.1) is 0 Å². The van der Waals surface area contributed by atoms with Gasteiger partial charge in [0.25, 0.3) is 0 Å². The molecule has 0 unspecified atom stereocenters. The molecule has 2 N–H and O–H groups in total. The van der Waals surface area contributed by atoms with Gasteiger partial charge in [-0.15, -0.1) is 0 Å². The second-order valence-electron chi connectivity index (χ2n) is 3.26. The predicted octanol–water partition coefficient (Wildman–Crippen LogP) is 1.63. The Morgan fingerprint density at radius 1 is 1.22 bits per heavy atom. The van der Waals surface area contributed by atoms with E-state index in [1.54, 1.807) is 0 Å². The van der Waals surface area contributed by atoms with Crippen LogP contribution in [-0.2, 0) is 9.59 Å². The van der Waals surface area contributed by atoms with Crippen molar-refractivity contribution < 1.29 is 32.3 Å². The summed E-state index contributed by atoms with van der Waals surface area (Å²) in [5.41, 5.74) is -0.553. The summed E-state index contributed by atoms with van der Waals surface area (Å²) in [7, 11) is 0. The number of carbonyl (C=O) groups is 2. The van der Waals surface area contributed by atoms with Crippen molar-refractivity contribution in [3.8, 4) is 0 Å². The second kappa shape index (κ2) is 5.03. The zero-order valence-electron chi connectivity index (χ0n) is 8.66. The Balaban J connectivity index is 3.03. The Morgan fingerprint density at radius 2 is 1.78 bits per heavy atom. The van der Waals surface area contributed by atoms with Gasteiger partial charge in [0.15, 0.2) is 6.04 Å². The summed E-state index contributed by atoms with van der Waals surface area (Å²) in [6.07, 6.45) is -5.24. The van der Waals surface area contributed by atoms with Crippen LogP contribution in [0.2, 0.25) is 0 Å². The molecule has 1 atom stereocenters. The first-order valence-electron chi connectivity index (χ1n) is 4.58. The summed E-state index contributed by atoms with van der Waals surface area (Å²) in [6, 6.07) is 2.24. The third kappa shape index (κ3) is 3.19. The topological polar surface area (TPSA) is 66.4 Å². The van der Waals surface area contributed by atoms with Crippen LogP contribution in [-0.4, -0.2) is 23.2 Å². The summed E-state index contributed by atoms with van der Waals surface area (Å²) in [6.45, 7) is 0. The Kier molecular flexibility index (Phi) is 3.89. The molecule has 8 heteroatoms. The van der Waals surface area contributed by atoms with Crippen molar-refractivity contribution in [3.63, 3.8) is 0 Å². The van der Waals surface area contributed by atoms with Gasteiger partial charge in [-0.25, -0.2) is 9.18 Å². The molecule has 4 nitrogen and oxygen atoms in total. The zero-order chi connectivity index (χ0) is 13.9. The Hall–Kier alpha value is -2.12. The lowest BCUT2D eigenvalue weighted by Gasteiger charge is -2.16. The van der Waals surface area contributed by atoms with E-state index in [9.17, 15) is 27.2 Å². The standard InChI is InChI=1S/C10H7F4NO3/c11-6-4-2-1-3-5(6)7(8(16)17)15-9(18)10(12,13)14/h1-4,7H,(H,15,18)(H,16,17)/t7-/m0/s1. The molecule has 1 aromatic carbocycles. The number of amides is 1. The fourth-order valence-corrected chi connectivity index (χ4v) is 1.19. The summed E-state index contributed by atoms with van der Waals surface area (Å²) in [5.74, 6) is -5.26. The van der Waals surface area contributed by atoms with Crippen LogP contribution >= 0.6 is 0 Å². The van der Waals surface area contributed by atoms with Gasteiger partial charge >= 0.3 is 18.1 Å². The molecule has 1 amide bonds. The molecule has 0 bridgehead atoms. The number of halogens is 4. The summed E-state index contributed by atoms with van der Waals surface area (Å²) in [5, 5.41) is 9.93. The molecule has 0 heterocycles. The Bertz CT molecular complexity index is 472. The highest BCUT2D eigenvalue weighted by molar-refractivity contribution is 5.87. The lowest BCUT2D eigenvalue weighted by atomic mass is 10.1. The molecule has 0 aliphatic carbocycles. The van der Waals surface area contributed by atoms with Crippen molar-refractivity contribution >= 4 is 11.9 Å². The van der Waals surface area contributed by atoms with Crippen LogP contribution in [0.25, 0.3) is 0 Å². The predicted molar refractivity (Wildman–Crippen MR) is 51.0 cm³/mol. The van der Waals surface area contributed by atoms with E-state index in [-0.39, 0.29) is 0 Å². The highest BCUT2D eigenvalue weighted by Gasteiger charge is 2.41. The number of hydrogen-bond donors (Lipinski definition) is 2. The maximum atomic E-state index is 13.3. The first-order chi connectivity index (χ1) is 8.23. The molecule has 0 saturated heterocycles. The minimum atomic E-state index is -5.24. The van der Waals surface area contributed by atoms with E-state index >= 15 is 0 Å². The molecule has 0 aliphatic heterocycles. The number of carboxylic acids is 1. The number of hydrogen-bond acceptors (Lipinski definition) is 2. The van der Waals surface area contributed by atoms with Crippen LogP contribution in [0, 0.1) is 5.82 Å². The summed E-state index contributed by atoms with van der Waals surface area (Å²) < 4.78 is 49.2.